The lowest BCUT2D eigenvalue weighted by molar-refractivity contribution is 0.733. The first-order valence-corrected chi connectivity index (χ1v) is 5.49. The first kappa shape index (κ1) is 12.3. The van der Waals surface area contributed by atoms with E-state index < -0.39 is 0 Å². The first-order valence-electron chi connectivity index (χ1n) is 5.49. The van der Waals surface area contributed by atoms with E-state index in [0.29, 0.717) is 5.82 Å². The SMILES string of the molecule is [C-]#[N+]c1nc(Nc2nnc(-n3nc(C)nc3N)nn2)n[nH]1. The quantitative estimate of drug-likeness (QED) is 0.515. The molecule has 0 aliphatic rings. The number of aryl methyl sites for hydroxylation is 1. The van der Waals surface area contributed by atoms with Gasteiger partial charge in [0.05, 0.1) is 0 Å². The van der Waals surface area contributed by atoms with Crippen molar-refractivity contribution in [1.82, 2.24) is 50.3 Å². The summed E-state index contributed by atoms with van der Waals surface area (Å²) in [5, 5.41) is 28.0. The summed E-state index contributed by atoms with van der Waals surface area (Å²) in [6, 6.07) is 0. The highest BCUT2D eigenvalue weighted by Gasteiger charge is 2.12. The van der Waals surface area contributed by atoms with Crippen molar-refractivity contribution in [3.63, 3.8) is 0 Å². The van der Waals surface area contributed by atoms with Crippen LogP contribution in [0.4, 0.5) is 23.8 Å². The second kappa shape index (κ2) is 4.77. The lowest BCUT2D eigenvalue weighted by Crippen LogP contribution is -2.11. The third kappa shape index (κ3) is 2.40. The standard InChI is InChI=1S/C8H7N13/c1-3-11-4(9)21(20-3)8-18-16-7(17-19-8)13-6-12-5(10-2)14-15-6/h1H3,(H2,9,11,20)(H2,12,13,14,15,16,17). The molecule has 0 aliphatic carbocycles. The number of aromatic nitrogens is 10. The molecule has 0 amide bonds. The van der Waals surface area contributed by atoms with Crippen LogP contribution in [-0.2, 0) is 0 Å². The second-order valence-corrected chi connectivity index (χ2v) is 3.67. The van der Waals surface area contributed by atoms with Crippen molar-refractivity contribution in [1.29, 1.82) is 0 Å². The van der Waals surface area contributed by atoms with Crippen molar-refractivity contribution in [2.24, 2.45) is 0 Å². The molecule has 13 heteroatoms. The number of rotatable bonds is 3. The molecule has 0 saturated heterocycles. The number of hydrogen-bond acceptors (Lipinski definition) is 10. The Labute approximate surface area is 116 Å². The number of nitrogens with zero attached hydrogens (tertiary/aromatic N) is 10. The molecule has 3 aromatic rings. The Morgan fingerprint density at radius 1 is 1.19 bits per heavy atom. The van der Waals surface area contributed by atoms with Gasteiger partial charge >= 0.3 is 11.9 Å². The monoisotopic (exact) mass is 285 g/mol. The van der Waals surface area contributed by atoms with Gasteiger partial charge in [-0.25, -0.2) is 5.10 Å². The van der Waals surface area contributed by atoms with Gasteiger partial charge in [-0.05, 0) is 6.92 Å². The number of aromatic amines is 1. The maximum Gasteiger partial charge on any atom is 0.359 e. The molecule has 21 heavy (non-hydrogen) atoms. The number of nitrogens with two attached hydrogens (primary N) is 1. The van der Waals surface area contributed by atoms with Gasteiger partial charge in [-0.15, -0.1) is 37.0 Å². The van der Waals surface area contributed by atoms with Crippen LogP contribution in [0.3, 0.4) is 0 Å². The zero-order valence-electron chi connectivity index (χ0n) is 10.5. The minimum absolute atomic E-state index is 0.0425. The molecular formula is C8H7N13. The first-order chi connectivity index (χ1) is 10.2. The van der Waals surface area contributed by atoms with E-state index in [1.165, 1.54) is 4.68 Å². The smallest absolute Gasteiger partial charge is 0.359 e. The zero-order valence-corrected chi connectivity index (χ0v) is 10.5. The molecule has 0 unspecified atom stereocenters. The van der Waals surface area contributed by atoms with Gasteiger partial charge in [-0.3, -0.25) is 5.32 Å². The molecule has 0 radical (unpaired) electrons. The van der Waals surface area contributed by atoms with Crippen LogP contribution in [0.15, 0.2) is 0 Å². The summed E-state index contributed by atoms with van der Waals surface area (Å²) in [6.07, 6.45) is 0. The summed E-state index contributed by atoms with van der Waals surface area (Å²) in [7, 11) is 0. The topological polar surface area (TPSA) is 166 Å². The highest BCUT2D eigenvalue weighted by atomic mass is 15.5. The van der Waals surface area contributed by atoms with Crippen LogP contribution in [0.1, 0.15) is 5.82 Å². The van der Waals surface area contributed by atoms with E-state index in [0.717, 1.165) is 0 Å². The fraction of sp³-hybridized carbons (Fsp3) is 0.125. The van der Waals surface area contributed by atoms with E-state index in [1.54, 1.807) is 6.92 Å². The van der Waals surface area contributed by atoms with Gasteiger partial charge in [0.15, 0.2) is 0 Å². The Balaban J connectivity index is 1.81. The number of nitrogens with one attached hydrogen (secondary N) is 2. The lowest BCUT2D eigenvalue weighted by Gasteiger charge is -1.99. The van der Waals surface area contributed by atoms with Crippen molar-refractivity contribution in [2.75, 3.05) is 11.1 Å². The lowest BCUT2D eigenvalue weighted by atomic mass is 10.8. The van der Waals surface area contributed by atoms with Crippen LogP contribution < -0.4 is 11.1 Å². The summed E-state index contributed by atoms with van der Waals surface area (Å²) < 4.78 is 1.21. The van der Waals surface area contributed by atoms with Gasteiger partial charge < -0.3 is 10.6 Å². The number of H-pyrrole nitrogens is 1. The molecule has 0 fully saturated rings. The Kier molecular flexibility index (Phi) is 2.81. The van der Waals surface area contributed by atoms with Crippen LogP contribution in [0, 0.1) is 13.5 Å². The van der Waals surface area contributed by atoms with E-state index in [4.69, 9.17) is 12.3 Å². The van der Waals surface area contributed by atoms with Crippen molar-refractivity contribution in [3.05, 3.63) is 17.2 Å². The maximum atomic E-state index is 6.76. The largest absolute Gasteiger partial charge is 0.395 e. The van der Waals surface area contributed by atoms with E-state index in [9.17, 15) is 0 Å². The summed E-state index contributed by atoms with van der Waals surface area (Å²) in [5.74, 6) is 0.924. The normalized spacial score (nSPS) is 10.3. The second-order valence-electron chi connectivity index (χ2n) is 3.67. The average molecular weight is 285 g/mol. The summed E-state index contributed by atoms with van der Waals surface area (Å²) >= 11 is 0. The molecule has 0 saturated carbocycles. The van der Waals surface area contributed by atoms with E-state index in [-0.39, 0.29) is 29.7 Å². The number of nitrogen functional groups attached to an aromatic ring is 1. The summed E-state index contributed by atoms with van der Waals surface area (Å²) in [4.78, 5) is 10.8. The fourth-order valence-corrected chi connectivity index (χ4v) is 1.40. The molecule has 0 spiro atoms. The van der Waals surface area contributed by atoms with Gasteiger partial charge in [-0.1, -0.05) is 5.10 Å². The third-order valence-electron chi connectivity index (χ3n) is 2.20. The Morgan fingerprint density at radius 2 is 1.95 bits per heavy atom. The Hall–Kier alpha value is -3.69. The van der Waals surface area contributed by atoms with Crippen molar-refractivity contribution >= 4 is 23.8 Å². The number of hydrogen-bond donors (Lipinski definition) is 3. The molecule has 0 aromatic carbocycles. The average Bonchev–Trinajstić information content (AvgIpc) is 3.06. The summed E-state index contributed by atoms with van der Waals surface area (Å²) in [5.41, 5.74) is 5.64. The van der Waals surface area contributed by atoms with E-state index >= 15 is 0 Å². The summed E-state index contributed by atoms with van der Waals surface area (Å²) in [6.45, 7) is 8.44. The van der Waals surface area contributed by atoms with Crippen molar-refractivity contribution in [3.8, 4) is 5.95 Å². The predicted molar refractivity (Wildman–Crippen MR) is 67.6 cm³/mol. The van der Waals surface area contributed by atoms with Gasteiger partial charge in [0.2, 0.25) is 5.95 Å². The van der Waals surface area contributed by atoms with Crippen LogP contribution in [0.2, 0.25) is 0 Å². The maximum absolute atomic E-state index is 6.76. The van der Waals surface area contributed by atoms with Crippen LogP contribution in [-0.4, -0.2) is 50.3 Å². The molecule has 0 atom stereocenters. The minimum Gasteiger partial charge on any atom is -0.395 e. The van der Waals surface area contributed by atoms with Gasteiger partial charge in [0.1, 0.15) is 5.82 Å². The van der Waals surface area contributed by atoms with Crippen LogP contribution >= 0.6 is 0 Å². The van der Waals surface area contributed by atoms with Gasteiger partial charge in [-0.2, -0.15) is 9.67 Å². The van der Waals surface area contributed by atoms with Crippen LogP contribution in [0.5, 0.6) is 0 Å². The molecule has 3 heterocycles. The fourth-order valence-electron chi connectivity index (χ4n) is 1.40. The highest BCUT2D eigenvalue weighted by Crippen LogP contribution is 2.10. The minimum atomic E-state index is 0.0425. The van der Waals surface area contributed by atoms with E-state index in [1.807, 2.05) is 0 Å². The number of anilines is 3. The molecule has 4 N–H and O–H groups in total. The van der Waals surface area contributed by atoms with Crippen molar-refractivity contribution < 1.29 is 0 Å². The predicted octanol–water partition coefficient (Wildman–Crippen LogP) is -0.850. The molecular weight excluding hydrogens is 278 g/mol. The molecule has 0 aliphatic heterocycles. The Morgan fingerprint density at radius 3 is 2.52 bits per heavy atom. The highest BCUT2D eigenvalue weighted by molar-refractivity contribution is 5.43. The molecule has 13 nitrogen and oxygen atoms in total. The Bertz CT molecular complexity index is 806. The molecule has 0 bridgehead atoms. The zero-order chi connectivity index (χ0) is 14.8. The van der Waals surface area contributed by atoms with Gasteiger partial charge in [0, 0.05) is 0 Å². The van der Waals surface area contributed by atoms with Crippen LogP contribution in [0.25, 0.3) is 10.8 Å². The van der Waals surface area contributed by atoms with E-state index in [2.05, 4.69) is 55.8 Å². The molecule has 3 rings (SSSR count). The molecule has 3 aromatic heterocycles. The third-order valence-corrected chi connectivity index (χ3v) is 2.20. The van der Waals surface area contributed by atoms with Gasteiger partial charge in [0.25, 0.3) is 11.9 Å². The van der Waals surface area contributed by atoms with Crippen molar-refractivity contribution in [2.45, 2.75) is 6.92 Å². The molecule has 104 valence electrons.